The Bertz CT molecular complexity index is 884. The second kappa shape index (κ2) is 7.49. The van der Waals surface area contributed by atoms with Crippen molar-refractivity contribution in [2.24, 2.45) is 0 Å². The molecule has 1 fully saturated rings. The van der Waals surface area contributed by atoms with Gasteiger partial charge in [-0.15, -0.1) is 5.10 Å². The molecule has 8 heteroatoms. The zero-order valence-electron chi connectivity index (χ0n) is 14.0. The number of piperazine rings is 1. The van der Waals surface area contributed by atoms with Gasteiger partial charge in [0, 0.05) is 44.6 Å². The zero-order valence-corrected chi connectivity index (χ0v) is 14.8. The Hall–Kier alpha value is -2.35. The number of nitrogens with zero attached hydrogens (tertiary/aromatic N) is 5. The van der Waals surface area contributed by atoms with E-state index in [2.05, 4.69) is 31.6 Å². The van der Waals surface area contributed by atoms with E-state index in [1.165, 1.54) is 17.7 Å². The van der Waals surface area contributed by atoms with Gasteiger partial charge < -0.3 is 5.32 Å². The molecule has 4 rings (SSSR count). The highest BCUT2D eigenvalue weighted by atomic mass is 35.5. The van der Waals surface area contributed by atoms with Gasteiger partial charge in [-0.25, -0.2) is 9.07 Å². The molecule has 2 aromatic heterocycles. The van der Waals surface area contributed by atoms with Crippen LogP contribution in [0.5, 0.6) is 0 Å². The van der Waals surface area contributed by atoms with Crippen LogP contribution in [0.15, 0.2) is 48.9 Å². The second-order valence-corrected chi connectivity index (χ2v) is 6.63. The molecule has 3 aromatic rings. The van der Waals surface area contributed by atoms with Crippen LogP contribution in [0.1, 0.15) is 17.3 Å². The molecule has 1 aromatic carbocycles. The Morgan fingerprint density at radius 1 is 1.31 bits per heavy atom. The molecule has 1 saturated heterocycles. The molecule has 0 bridgehead atoms. The van der Waals surface area contributed by atoms with Crippen LogP contribution in [-0.4, -0.2) is 44.5 Å². The first-order chi connectivity index (χ1) is 12.7. The molecule has 1 atom stereocenters. The Morgan fingerprint density at radius 3 is 3.04 bits per heavy atom. The van der Waals surface area contributed by atoms with Crippen molar-refractivity contribution in [3.63, 3.8) is 0 Å². The molecule has 6 nitrogen and oxygen atoms in total. The van der Waals surface area contributed by atoms with E-state index in [0.717, 1.165) is 25.3 Å². The first-order valence-electron chi connectivity index (χ1n) is 8.42. The van der Waals surface area contributed by atoms with Gasteiger partial charge in [0.05, 0.1) is 22.6 Å². The first kappa shape index (κ1) is 17.1. The van der Waals surface area contributed by atoms with Gasteiger partial charge in [0.2, 0.25) is 0 Å². The number of pyridine rings is 1. The number of halogens is 2. The monoisotopic (exact) mass is 372 g/mol. The van der Waals surface area contributed by atoms with E-state index in [1.807, 2.05) is 18.5 Å². The van der Waals surface area contributed by atoms with Crippen molar-refractivity contribution >= 4 is 11.6 Å². The number of nitrogens with one attached hydrogen (secondary N) is 1. The van der Waals surface area contributed by atoms with Crippen LogP contribution in [0, 0.1) is 5.82 Å². The quantitative estimate of drug-likeness (QED) is 0.762. The third-order valence-electron chi connectivity index (χ3n) is 4.49. The summed E-state index contributed by atoms with van der Waals surface area (Å²) in [5.41, 5.74) is 2.62. The van der Waals surface area contributed by atoms with Gasteiger partial charge in [-0.2, -0.15) is 0 Å². The maximum Gasteiger partial charge on any atom is 0.124 e. The highest BCUT2D eigenvalue weighted by molar-refractivity contribution is 6.32. The Labute approximate surface area is 155 Å². The highest BCUT2D eigenvalue weighted by Gasteiger charge is 2.24. The molecule has 1 aliphatic rings. The smallest absolute Gasteiger partial charge is 0.124 e. The van der Waals surface area contributed by atoms with E-state index >= 15 is 0 Å². The molecule has 1 unspecified atom stereocenters. The van der Waals surface area contributed by atoms with E-state index < -0.39 is 0 Å². The van der Waals surface area contributed by atoms with Crippen LogP contribution >= 0.6 is 11.6 Å². The molecular weight excluding hydrogens is 355 g/mol. The molecule has 0 aliphatic carbocycles. The molecule has 0 saturated carbocycles. The fourth-order valence-corrected chi connectivity index (χ4v) is 3.45. The van der Waals surface area contributed by atoms with Crippen LogP contribution in [0.2, 0.25) is 5.02 Å². The maximum atomic E-state index is 13.2. The van der Waals surface area contributed by atoms with Crippen molar-refractivity contribution in [1.82, 2.24) is 30.2 Å². The lowest BCUT2D eigenvalue weighted by Crippen LogP contribution is -2.45. The van der Waals surface area contributed by atoms with Gasteiger partial charge >= 0.3 is 0 Å². The van der Waals surface area contributed by atoms with Crippen LogP contribution in [-0.2, 0) is 6.54 Å². The van der Waals surface area contributed by atoms with Crippen molar-refractivity contribution in [3.8, 4) is 5.69 Å². The summed E-state index contributed by atoms with van der Waals surface area (Å²) in [7, 11) is 0. The lowest BCUT2D eigenvalue weighted by atomic mass is 10.1. The molecule has 1 aliphatic heterocycles. The normalized spacial score (nSPS) is 18.2. The van der Waals surface area contributed by atoms with Crippen molar-refractivity contribution in [2.45, 2.75) is 12.6 Å². The summed E-state index contributed by atoms with van der Waals surface area (Å²) in [6.45, 7) is 3.36. The number of hydrogen-bond donors (Lipinski definition) is 1. The van der Waals surface area contributed by atoms with Crippen LogP contribution in [0.25, 0.3) is 5.69 Å². The standard InChI is InChI=1S/C18H18ClFN6/c19-16-8-14(20)3-4-17(16)26-12-15(23-24-26)11-25-7-6-22-10-18(25)13-2-1-5-21-9-13/h1-5,8-9,12,18,22H,6-7,10-11H2. The number of benzene rings is 1. The minimum atomic E-state index is -0.376. The minimum absolute atomic E-state index is 0.233. The molecule has 0 radical (unpaired) electrons. The van der Waals surface area contributed by atoms with Gasteiger partial charge in [-0.1, -0.05) is 22.9 Å². The second-order valence-electron chi connectivity index (χ2n) is 6.23. The lowest BCUT2D eigenvalue weighted by molar-refractivity contribution is 0.151. The van der Waals surface area contributed by atoms with E-state index in [-0.39, 0.29) is 11.9 Å². The van der Waals surface area contributed by atoms with Gasteiger partial charge in [-0.3, -0.25) is 9.88 Å². The summed E-state index contributed by atoms with van der Waals surface area (Å²) in [5, 5.41) is 12.1. The molecule has 3 heterocycles. The van der Waals surface area contributed by atoms with Crippen LogP contribution in [0.3, 0.4) is 0 Å². The molecule has 1 N–H and O–H groups in total. The Balaban J connectivity index is 1.54. The van der Waals surface area contributed by atoms with Crippen molar-refractivity contribution in [2.75, 3.05) is 19.6 Å². The van der Waals surface area contributed by atoms with Gasteiger partial charge in [-0.05, 0) is 29.8 Å². The third kappa shape index (κ3) is 3.60. The van der Waals surface area contributed by atoms with Crippen molar-refractivity contribution < 1.29 is 4.39 Å². The Kier molecular flexibility index (Phi) is 4.92. The SMILES string of the molecule is Fc1ccc(-n2cc(CN3CCNCC3c3cccnc3)nn2)c(Cl)c1. The Morgan fingerprint density at radius 2 is 2.23 bits per heavy atom. The van der Waals surface area contributed by atoms with Crippen molar-refractivity contribution in [1.29, 1.82) is 0 Å². The molecule has 0 amide bonds. The molecule has 134 valence electrons. The molecule has 26 heavy (non-hydrogen) atoms. The predicted octanol–water partition coefficient (Wildman–Crippen LogP) is 2.60. The number of aromatic nitrogens is 4. The van der Waals surface area contributed by atoms with E-state index in [9.17, 15) is 4.39 Å². The van der Waals surface area contributed by atoms with Gasteiger partial charge in [0.15, 0.2) is 0 Å². The third-order valence-corrected chi connectivity index (χ3v) is 4.79. The minimum Gasteiger partial charge on any atom is -0.314 e. The highest BCUT2D eigenvalue weighted by Crippen LogP contribution is 2.24. The average Bonchev–Trinajstić information content (AvgIpc) is 3.11. The zero-order chi connectivity index (χ0) is 17.9. The van der Waals surface area contributed by atoms with E-state index in [4.69, 9.17) is 11.6 Å². The largest absolute Gasteiger partial charge is 0.314 e. The van der Waals surface area contributed by atoms with Gasteiger partial charge in [0.1, 0.15) is 5.82 Å². The fraction of sp³-hybridized carbons (Fsp3) is 0.278. The average molecular weight is 373 g/mol. The molecule has 0 spiro atoms. The van der Waals surface area contributed by atoms with E-state index in [1.54, 1.807) is 16.9 Å². The summed E-state index contributed by atoms with van der Waals surface area (Å²) >= 11 is 6.11. The summed E-state index contributed by atoms with van der Waals surface area (Å²) in [4.78, 5) is 6.59. The summed E-state index contributed by atoms with van der Waals surface area (Å²) in [6.07, 6.45) is 5.52. The maximum absolute atomic E-state index is 13.2. The summed E-state index contributed by atoms with van der Waals surface area (Å²) in [6, 6.07) is 8.50. The van der Waals surface area contributed by atoms with Crippen LogP contribution in [0.4, 0.5) is 4.39 Å². The number of rotatable bonds is 4. The predicted molar refractivity (Wildman–Crippen MR) is 96.6 cm³/mol. The van der Waals surface area contributed by atoms with Gasteiger partial charge in [0.25, 0.3) is 0 Å². The van der Waals surface area contributed by atoms with E-state index in [0.29, 0.717) is 17.3 Å². The fourth-order valence-electron chi connectivity index (χ4n) is 3.20. The first-order valence-corrected chi connectivity index (χ1v) is 8.80. The summed E-state index contributed by atoms with van der Waals surface area (Å²) < 4.78 is 14.8. The lowest BCUT2D eigenvalue weighted by Gasteiger charge is -2.35. The molecular formula is C18H18ClFN6. The van der Waals surface area contributed by atoms with Crippen molar-refractivity contribution in [3.05, 3.63) is 71.0 Å². The number of hydrogen-bond acceptors (Lipinski definition) is 5. The van der Waals surface area contributed by atoms with Crippen LogP contribution < -0.4 is 5.32 Å². The summed E-state index contributed by atoms with van der Waals surface area (Å²) in [5.74, 6) is -0.376. The topological polar surface area (TPSA) is 58.9 Å².